The van der Waals surface area contributed by atoms with E-state index >= 15 is 0 Å². The first kappa shape index (κ1) is 10.7. The molecule has 1 aliphatic rings. The van der Waals surface area contributed by atoms with Crippen LogP contribution in [0.4, 0.5) is 0 Å². The van der Waals surface area contributed by atoms with E-state index in [-0.39, 0.29) is 0 Å². The molecule has 1 aromatic heterocycles. The second-order valence-electron chi connectivity index (χ2n) is 4.88. The van der Waals surface area contributed by atoms with Crippen molar-refractivity contribution in [2.45, 2.75) is 45.7 Å². The Kier molecular flexibility index (Phi) is 3.41. The molecule has 0 bridgehead atoms. The summed E-state index contributed by atoms with van der Waals surface area (Å²) in [5, 5.41) is 3.58. The van der Waals surface area contributed by atoms with E-state index in [0.717, 1.165) is 24.2 Å². The standard InChI is InChI=1S/C12H21N3/c1-9-3-4-11(7-10(9)2)15-8-12-13-5-6-14-12/h5-6,9-11,15H,3-4,7-8H2,1-2H3,(H,13,14). The van der Waals surface area contributed by atoms with Gasteiger partial charge in [-0.15, -0.1) is 0 Å². The number of rotatable bonds is 3. The van der Waals surface area contributed by atoms with Crippen LogP contribution < -0.4 is 5.32 Å². The van der Waals surface area contributed by atoms with Crippen LogP contribution in [0, 0.1) is 11.8 Å². The van der Waals surface area contributed by atoms with E-state index in [1.54, 1.807) is 0 Å². The molecule has 1 aliphatic carbocycles. The van der Waals surface area contributed by atoms with E-state index in [0.29, 0.717) is 6.04 Å². The van der Waals surface area contributed by atoms with Gasteiger partial charge in [-0.2, -0.15) is 0 Å². The molecule has 2 rings (SSSR count). The van der Waals surface area contributed by atoms with Gasteiger partial charge in [-0.25, -0.2) is 4.98 Å². The van der Waals surface area contributed by atoms with Gasteiger partial charge in [0.1, 0.15) is 5.82 Å². The summed E-state index contributed by atoms with van der Waals surface area (Å²) in [6, 6.07) is 0.682. The first-order valence-electron chi connectivity index (χ1n) is 5.97. The van der Waals surface area contributed by atoms with Crippen molar-refractivity contribution in [1.82, 2.24) is 15.3 Å². The highest BCUT2D eigenvalue weighted by Gasteiger charge is 2.23. The Morgan fingerprint density at radius 3 is 2.93 bits per heavy atom. The number of imidazole rings is 1. The van der Waals surface area contributed by atoms with Crippen LogP contribution in [-0.2, 0) is 6.54 Å². The maximum atomic E-state index is 4.22. The summed E-state index contributed by atoms with van der Waals surface area (Å²) in [4.78, 5) is 7.34. The molecular formula is C12H21N3. The van der Waals surface area contributed by atoms with E-state index in [9.17, 15) is 0 Å². The van der Waals surface area contributed by atoms with Gasteiger partial charge in [0, 0.05) is 18.4 Å². The van der Waals surface area contributed by atoms with Crippen LogP contribution in [0.25, 0.3) is 0 Å². The summed E-state index contributed by atoms with van der Waals surface area (Å²) >= 11 is 0. The zero-order valence-corrected chi connectivity index (χ0v) is 9.66. The van der Waals surface area contributed by atoms with Gasteiger partial charge in [-0.3, -0.25) is 0 Å². The minimum Gasteiger partial charge on any atom is -0.348 e. The number of nitrogens with zero attached hydrogens (tertiary/aromatic N) is 1. The molecule has 0 aliphatic heterocycles. The highest BCUT2D eigenvalue weighted by atomic mass is 15.0. The maximum Gasteiger partial charge on any atom is 0.120 e. The molecule has 1 aromatic rings. The SMILES string of the molecule is CC1CCC(NCc2ncc[nH]2)CC1C. The lowest BCUT2D eigenvalue weighted by molar-refractivity contribution is 0.225. The molecule has 3 heteroatoms. The van der Waals surface area contributed by atoms with Gasteiger partial charge in [0.25, 0.3) is 0 Å². The molecule has 84 valence electrons. The Morgan fingerprint density at radius 2 is 2.27 bits per heavy atom. The van der Waals surface area contributed by atoms with Crippen LogP contribution in [0.5, 0.6) is 0 Å². The van der Waals surface area contributed by atoms with Crippen LogP contribution in [-0.4, -0.2) is 16.0 Å². The molecule has 3 nitrogen and oxygen atoms in total. The molecule has 3 unspecified atom stereocenters. The third-order valence-electron chi connectivity index (χ3n) is 3.71. The van der Waals surface area contributed by atoms with Crippen molar-refractivity contribution >= 4 is 0 Å². The molecule has 0 aromatic carbocycles. The van der Waals surface area contributed by atoms with Crippen molar-refractivity contribution in [3.05, 3.63) is 18.2 Å². The fourth-order valence-corrected chi connectivity index (χ4v) is 2.37. The van der Waals surface area contributed by atoms with E-state index in [1.165, 1.54) is 19.3 Å². The average Bonchev–Trinajstić information content (AvgIpc) is 2.73. The number of nitrogens with one attached hydrogen (secondary N) is 2. The van der Waals surface area contributed by atoms with Crippen LogP contribution in [0.15, 0.2) is 12.4 Å². The molecule has 0 radical (unpaired) electrons. The quantitative estimate of drug-likeness (QED) is 0.798. The van der Waals surface area contributed by atoms with E-state index in [2.05, 4.69) is 29.1 Å². The number of hydrogen-bond donors (Lipinski definition) is 2. The van der Waals surface area contributed by atoms with Crippen molar-refractivity contribution in [3.63, 3.8) is 0 Å². The monoisotopic (exact) mass is 207 g/mol. The molecule has 0 amide bonds. The zero-order chi connectivity index (χ0) is 10.7. The number of hydrogen-bond acceptors (Lipinski definition) is 2. The average molecular weight is 207 g/mol. The Balaban J connectivity index is 1.76. The molecule has 3 atom stereocenters. The van der Waals surface area contributed by atoms with Gasteiger partial charge in [0.05, 0.1) is 6.54 Å². The van der Waals surface area contributed by atoms with Gasteiger partial charge >= 0.3 is 0 Å². The highest BCUT2D eigenvalue weighted by Crippen LogP contribution is 2.29. The van der Waals surface area contributed by atoms with Crippen LogP contribution in [0.3, 0.4) is 0 Å². The molecule has 1 fully saturated rings. The predicted octanol–water partition coefficient (Wildman–Crippen LogP) is 2.32. The van der Waals surface area contributed by atoms with Gasteiger partial charge in [-0.1, -0.05) is 13.8 Å². The summed E-state index contributed by atoms with van der Waals surface area (Å²) in [5.74, 6) is 2.79. The Hall–Kier alpha value is -0.830. The van der Waals surface area contributed by atoms with Crippen molar-refractivity contribution in [2.75, 3.05) is 0 Å². The Bertz CT molecular complexity index is 281. The number of aromatic nitrogens is 2. The second-order valence-corrected chi connectivity index (χ2v) is 4.88. The highest BCUT2D eigenvalue weighted by molar-refractivity contribution is 4.88. The van der Waals surface area contributed by atoms with Crippen LogP contribution in [0.1, 0.15) is 38.9 Å². The number of H-pyrrole nitrogens is 1. The van der Waals surface area contributed by atoms with Gasteiger partial charge in [-0.05, 0) is 31.1 Å². The van der Waals surface area contributed by atoms with Crippen LogP contribution >= 0.6 is 0 Å². The minimum absolute atomic E-state index is 0.682. The lowest BCUT2D eigenvalue weighted by Gasteiger charge is -2.32. The smallest absolute Gasteiger partial charge is 0.120 e. The van der Waals surface area contributed by atoms with Crippen molar-refractivity contribution in [3.8, 4) is 0 Å². The van der Waals surface area contributed by atoms with Crippen LogP contribution in [0.2, 0.25) is 0 Å². The van der Waals surface area contributed by atoms with E-state index in [4.69, 9.17) is 0 Å². The summed E-state index contributed by atoms with van der Waals surface area (Å²) in [5.41, 5.74) is 0. The maximum absolute atomic E-state index is 4.22. The zero-order valence-electron chi connectivity index (χ0n) is 9.66. The third kappa shape index (κ3) is 2.81. The van der Waals surface area contributed by atoms with Crippen molar-refractivity contribution in [1.29, 1.82) is 0 Å². The molecule has 0 saturated heterocycles. The molecular weight excluding hydrogens is 186 g/mol. The molecule has 0 spiro atoms. The van der Waals surface area contributed by atoms with Crippen molar-refractivity contribution < 1.29 is 0 Å². The summed E-state index contributed by atoms with van der Waals surface area (Å²) in [6.45, 7) is 5.61. The van der Waals surface area contributed by atoms with E-state index < -0.39 is 0 Å². The summed E-state index contributed by atoms with van der Waals surface area (Å²) < 4.78 is 0. The number of aromatic amines is 1. The van der Waals surface area contributed by atoms with Gasteiger partial charge in [0.2, 0.25) is 0 Å². The largest absolute Gasteiger partial charge is 0.348 e. The first-order chi connectivity index (χ1) is 7.25. The Labute approximate surface area is 91.7 Å². The van der Waals surface area contributed by atoms with Crippen molar-refractivity contribution in [2.24, 2.45) is 11.8 Å². The molecule has 1 saturated carbocycles. The lowest BCUT2D eigenvalue weighted by Crippen LogP contribution is -2.36. The minimum atomic E-state index is 0.682. The topological polar surface area (TPSA) is 40.7 Å². The molecule has 15 heavy (non-hydrogen) atoms. The lowest BCUT2D eigenvalue weighted by atomic mass is 9.79. The fraction of sp³-hybridized carbons (Fsp3) is 0.750. The summed E-state index contributed by atoms with van der Waals surface area (Å²) in [7, 11) is 0. The first-order valence-corrected chi connectivity index (χ1v) is 5.97. The Morgan fingerprint density at radius 1 is 1.40 bits per heavy atom. The fourth-order valence-electron chi connectivity index (χ4n) is 2.37. The predicted molar refractivity (Wildman–Crippen MR) is 61.4 cm³/mol. The van der Waals surface area contributed by atoms with Gasteiger partial charge < -0.3 is 10.3 Å². The normalized spacial score (nSPS) is 31.7. The van der Waals surface area contributed by atoms with Gasteiger partial charge in [0.15, 0.2) is 0 Å². The third-order valence-corrected chi connectivity index (χ3v) is 3.71. The second kappa shape index (κ2) is 4.79. The summed E-state index contributed by atoms with van der Waals surface area (Å²) in [6.07, 6.45) is 7.66. The molecule has 2 N–H and O–H groups in total. The molecule has 1 heterocycles. The van der Waals surface area contributed by atoms with E-state index in [1.807, 2.05) is 12.4 Å².